The molecule has 0 aliphatic heterocycles. The Morgan fingerprint density at radius 3 is 2.39 bits per heavy atom. The first-order valence-electron chi connectivity index (χ1n) is 8.73. The fourth-order valence-electron chi connectivity index (χ4n) is 2.85. The topological polar surface area (TPSA) is 65.0 Å². The molecule has 0 amide bonds. The Kier molecular flexibility index (Phi) is 7.67. The second-order valence-electron chi connectivity index (χ2n) is 6.31. The van der Waals surface area contributed by atoms with Crippen molar-refractivity contribution in [3.63, 3.8) is 0 Å². The largest absolute Gasteiger partial charge is 0.462 e. The standard InChI is InChI=1S/C18H17Cl4N3O2S/c19-17-24-15(23-16(25-17)18(20,21)22)11-6-8-13(9-7-11)28-10-14(26)27-12-4-2-1-3-5-12/h6-9,12H,1-5,10H2. The highest BCUT2D eigenvalue weighted by atomic mass is 35.6. The summed E-state index contributed by atoms with van der Waals surface area (Å²) in [6, 6.07) is 7.34. The van der Waals surface area contributed by atoms with Crippen LogP contribution in [0.2, 0.25) is 5.28 Å². The van der Waals surface area contributed by atoms with E-state index in [1.165, 1.54) is 18.2 Å². The summed E-state index contributed by atoms with van der Waals surface area (Å²) in [5.74, 6) is 0.341. The van der Waals surface area contributed by atoms with E-state index in [1.54, 1.807) is 0 Å². The third kappa shape index (κ3) is 6.36. The van der Waals surface area contributed by atoms with Crippen molar-refractivity contribution in [2.75, 3.05) is 5.75 Å². The normalized spacial score (nSPS) is 15.4. The number of hydrogen-bond donors (Lipinski definition) is 0. The molecule has 3 rings (SSSR count). The molecule has 0 radical (unpaired) electrons. The summed E-state index contributed by atoms with van der Waals surface area (Å²) < 4.78 is 3.73. The van der Waals surface area contributed by atoms with Gasteiger partial charge in [0.2, 0.25) is 9.08 Å². The molecule has 0 bridgehead atoms. The minimum absolute atomic E-state index is 0.0450. The molecule has 1 aliphatic carbocycles. The minimum atomic E-state index is -1.80. The van der Waals surface area contributed by atoms with Crippen LogP contribution in [0, 0.1) is 0 Å². The van der Waals surface area contributed by atoms with Crippen LogP contribution < -0.4 is 0 Å². The molecule has 0 saturated heterocycles. The number of ether oxygens (including phenoxy) is 1. The number of halogens is 4. The van der Waals surface area contributed by atoms with Crippen molar-refractivity contribution >= 4 is 64.1 Å². The van der Waals surface area contributed by atoms with Crippen molar-refractivity contribution in [3.05, 3.63) is 35.4 Å². The smallest absolute Gasteiger partial charge is 0.316 e. The molecule has 0 atom stereocenters. The Morgan fingerprint density at radius 1 is 1.07 bits per heavy atom. The van der Waals surface area contributed by atoms with Crippen LogP contribution in [0.25, 0.3) is 11.4 Å². The maximum absolute atomic E-state index is 12.0. The van der Waals surface area contributed by atoms with Gasteiger partial charge in [0.1, 0.15) is 6.10 Å². The first-order chi connectivity index (χ1) is 13.3. The summed E-state index contributed by atoms with van der Waals surface area (Å²) in [6.07, 6.45) is 5.50. The number of carbonyl (C=O) groups excluding carboxylic acids is 1. The molecule has 0 unspecified atom stereocenters. The fraction of sp³-hybridized carbons (Fsp3) is 0.444. The lowest BCUT2D eigenvalue weighted by molar-refractivity contribution is -0.147. The van der Waals surface area contributed by atoms with Gasteiger partial charge in [0.05, 0.1) is 5.75 Å². The molecule has 0 N–H and O–H groups in total. The highest BCUT2D eigenvalue weighted by Gasteiger charge is 2.28. The van der Waals surface area contributed by atoms with Gasteiger partial charge in [-0.1, -0.05) is 53.4 Å². The predicted octanol–water partition coefficient (Wildman–Crippen LogP) is 5.99. The van der Waals surface area contributed by atoms with Crippen LogP contribution in [0.15, 0.2) is 29.2 Å². The Labute approximate surface area is 187 Å². The number of aromatic nitrogens is 3. The molecule has 1 aliphatic rings. The van der Waals surface area contributed by atoms with Gasteiger partial charge in [0.25, 0.3) is 0 Å². The number of esters is 1. The van der Waals surface area contributed by atoms with E-state index in [9.17, 15) is 4.79 Å². The Balaban J connectivity index is 1.60. The summed E-state index contributed by atoms with van der Waals surface area (Å²) in [5.41, 5.74) is 0.689. The van der Waals surface area contributed by atoms with Crippen LogP contribution in [0.5, 0.6) is 0 Å². The molecule has 1 heterocycles. The second kappa shape index (κ2) is 9.81. The molecular weight excluding hydrogens is 464 g/mol. The van der Waals surface area contributed by atoms with Crippen LogP contribution in [-0.4, -0.2) is 32.8 Å². The average molecular weight is 481 g/mol. The fourth-order valence-corrected chi connectivity index (χ4v) is 3.95. The zero-order valence-corrected chi connectivity index (χ0v) is 18.5. The molecule has 150 valence electrons. The van der Waals surface area contributed by atoms with Crippen LogP contribution in [-0.2, 0) is 13.3 Å². The maximum Gasteiger partial charge on any atom is 0.316 e. The van der Waals surface area contributed by atoms with Crippen molar-refractivity contribution in [2.24, 2.45) is 0 Å². The van der Waals surface area contributed by atoms with E-state index < -0.39 is 3.79 Å². The van der Waals surface area contributed by atoms with E-state index in [1.807, 2.05) is 24.3 Å². The molecule has 1 fully saturated rings. The zero-order chi connectivity index (χ0) is 20.1. The summed E-state index contributed by atoms with van der Waals surface area (Å²) >= 11 is 24.8. The molecule has 1 saturated carbocycles. The average Bonchev–Trinajstić information content (AvgIpc) is 2.66. The zero-order valence-electron chi connectivity index (χ0n) is 14.7. The summed E-state index contributed by atoms with van der Waals surface area (Å²) in [5, 5.41) is -0.0600. The maximum atomic E-state index is 12.0. The third-order valence-electron chi connectivity index (χ3n) is 4.18. The summed E-state index contributed by atoms with van der Waals surface area (Å²) in [4.78, 5) is 25.0. The van der Waals surface area contributed by atoms with Crippen LogP contribution in [0.1, 0.15) is 37.9 Å². The summed E-state index contributed by atoms with van der Waals surface area (Å²) in [6.45, 7) is 0. The first-order valence-corrected chi connectivity index (χ1v) is 11.2. The van der Waals surface area contributed by atoms with Gasteiger partial charge in [-0.05, 0) is 49.4 Å². The highest BCUT2D eigenvalue weighted by Crippen LogP contribution is 2.36. The molecular formula is C18H17Cl4N3O2S. The van der Waals surface area contributed by atoms with E-state index in [-0.39, 0.29) is 28.9 Å². The Hall–Kier alpha value is -0.790. The monoisotopic (exact) mass is 479 g/mol. The number of benzene rings is 1. The van der Waals surface area contributed by atoms with Crippen molar-refractivity contribution in [3.8, 4) is 11.4 Å². The first kappa shape index (κ1) is 21.9. The molecule has 5 nitrogen and oxygen atoms in total. The van der Waals surface area contributed by atoms with Gasteiger partial charge in [-0.25, -0.2) is 4.98 Å². The number of thioether (sulfide) groups is 1. The van der Waals surface area contributed by atoms with Crippen LogP contribution in [0.4, 0.5) is 0 Å². The predicted molar refractivity (Wildman–Crippen MR) is 113 cm³/mol. The van der Waals surface area contributed by atoms with E-state index in [4.69, 9.17) is 51.1 Å². The van der Waals surface area contributed by atoms with Gasteiger partial charge >= 0.3 is 5.97 Å². The number of rotatable bonds is 5. The van der Waals surface area contributed by atoms with Crippen molar-refractivity contribution in [2.45, 2.75) is 46.9 Å². The van der Waals surface area contributed by atoms with Crippen LogP contribution >= 0.6 is 58.2 Å². The lowest BCUT2D eigenvalue weighted by Gasteiger charge is -2.21. The molecule has 28 heavy (non-hydrogen) atoms. The van der Waals surface area contributed by atoms with Crippen molar-refractivity contribution in [1.29, 1.82) is 0 Å². The lowest BCUT2D eigenvalue weighted by Crippen LogP contribution is -2.21. The van der Waals surface area contributed by atoms with Gasteiger partial charge in [-0.3, -0.25) is 4.79 Å². The van der Waals surface area contributed by atoms with Crippen LogP contribution in [0.3, 0.4) is 0 Å². The van der Waals surface area contributed by atoms with E-state index in [2.05, 4.69) is 15.0 Å². The van der Waals surface area contributed by atoms with Gasteiger partial charge in [0.15, 0.2) is 11.6 Å². The quantitative estimate of drug-likeness (QED) is 0.297. The number of nitrogens with zero attached hydrogens (tertiary/aromatic N) is 3. The summed E-state index contributed by atoms with van der Waals surface area (Å²) in [7, 11) is 0. The number of hydrogen-bond acceptors (Lipinski definition) is 6. The molecule has 2 aromatic rings. The highest BCUT2D eigenvalue weighted by molar-refractivity contribution is 8.00. The van der Waals surface area contributed by atoms with Gasteiger partial charge in [-0.2, -0.15) is 9.97 Å². The molecule has 1 aromatic carbocycles. The Bertz CT molecular complexity index is 825. The van der Waals surface area contributed by atoms with E-state index >= 15 is 0 Å². The molecule has 10 heteroatoms. The minimum Gasteiger partial charge on any atom is -0.462 e. The third-order valence-corrected chi connectivity index (χ3v) is 5.84. The van der Waals surface area contributed by atoms with E-state index in [0.29, 0.717) is 11.4 Å². The number of alkyl halides is 3. The van der Waals surface area contributed by atoms with Crippen molar-refractivity contribution < 1.29 is 9.53 Å². The SMILES string of the molecule is O=C(CSc1ccc(-c2nc(Cl)nc(C(Cl)(Cl)Cl)n2)cc1)OC1CCCCC1. The molecule has 1 aromatic heterocycles. The Morgan fingerprint density at radius 2 is 1.75 bits per heavy atom. The number of carbonyl (C=O) groups is 1. The van der Waals surface area contributed by atoms with Gasteiger partial charge < -0.3 is 4.74 Å². The van der Waals surface area contributed by atoms with Gasteiger partial charge in [0, 0.05) is 10.5 Å². The van der Waals surface area contributed by atoms with Crippen molar-refractivity contribution in [1.82, 2.24) is 15.0 Å². The second-order valence-corrected chi connectivity index (χ2v) is 9.98. The lowest BCUT2D eigenvalue weighted by atomic mass is 9.98. The van der Waals surface area contributed by atoms with Gasteiger partial charge in [-0.15, -0.1) is 11.8 Å². The molecule has 0 spiro atoms. The van der Waals surface area contributed by atoms with E-state index in [0.717, 1.165) is 30.6 Å².